The first-order valence-corrected chi connectivity index (χ1v) is 4.48. The van der Waals surface area contributed by atoms with Crippen LogP contribution in [0.5, 0.6) is 0 Å². The van der Waals surface area contributed by atoms with Gasteiger partial charge in [-0.05, 0) is 12.5 Å². The van der Waals surface area contributed by atoms with E-state index < -0.39 is 0 Å². The maximum absolute atomic E-state index is 9.20. The number of aliphatic hydroxyl groups excluding tert-OH is 1. The minimum absolute atomic E-state index is 0.0485. The summed E-state index contributed by atoms with van der Waals surface area (Å²) in [5, 5.41) is 9.20. The van der Waals surface area contributed by atoms with Crippen molar-refractivity contribution in [2.24, 2.45) is 0 Å². The fraction of sp³-hybridized carbons (Fsp3) is 0.455. The van der Waals surface area contributed by atoms with E-state index in [9.17, 15) is 5.11 Å². The summed E-state index contributed by atoms with van der Waals surface area (Å²) < 4.78 is 5.20. The minimum atomic E-state index is 0.0485. The van der Waals surface area contributed by atoms with Gasteiger partial charge in [-0.15, -0.1) is 0 Å². The van der Waals surface area contributed by atoms with Gasteiger partial charge in [-0.1, -0.05) is 30.3 Å². The molecule has 13 heavy (non-hydrogen) atoms. The zero-order chi connectivity index (χ0) is 9.68. The fourth-order valence-corrected chi connectivity index (χ4v) is 1.39. The summed E-state index contributed by atoms with van der Waals surface area (Å²) in [5.41, 5.74) is 1.12. The van der Waals surface area contributed by atoms with Crippen LogP contribution in [0.3, 0.4) is 0 Å². The quantitative estimate of drug-likeness (QED) is 0.765. The molecule has 0 saturated heterocycles. The lowest BCUT2D eigenvalue weighted by Crippen LogP contribution is -2.20. The van der Waals surface area contributed by atoms with Crippen molar-refractivity contribution in [2.45, 2.75) is 18.9 Å². The Morgan fingerprint density at radius 2 is 1.92 bits per heavy atom. The lowest BCUT2D eigenvalue weighted by atomic mass is 9.95. The van der Waals surface area contributed by atoms with Gasteiger partial charge in [-0.25, -0.2) is 0 Å². The summed E-state index contributed by atoms with van der Waals surface area (Å²) >= 11 is 0. The molecule has 0 aliphatic rings. The van der Waals surface area contributed by atoms with E-state index in [1.165, 1.54) is 0 Å². The molecule has 2 nitrogen and oxygen atoms in total. The molecule has 1 aromatic carbocycles. The Morgan fingerprint density at radius 3 is 2.38 bits per heavy atom. The van der Waals surface area contributed by atoms with Gasteiger partial charge in [0.25, 0.3) is 0 Å². The number of benzene rings is 1. The second-order valence-electron chi connectivity index (χ2n) is 3.14. The van der Waals surface area contributed by atoms with Gasteiger partial charge in [0, 0.05) is 13.0 Å². The maximum atomic E-state index is 9.20. The maximum Gasteiger partial charge on any atom is 0.0633 e. The molecule has 0 heterocycles. The molecule has 1 rings (SSSR count). The van der Waals surface area contributed by atoms with E-state index in [1.807, 2.05) is 37.3 Å². The Morgan fingerprint density at radius 1 is 1.31 bits per heavy atom. The molecule has 0 bridgehead atoms. The molecule has 0 spiro atoms. The van der Waals surface area contributed by atoms with E-state index in [2.05, 4.69) is 0 Å². The highest BCUT2D eigenvalue weighted by atomic mass is 16.5. The molecule has 72 valence electrons. The molecule has 0 radical (unpaired) electrons. The van der Waals surface area contributed by atoms with Crippen LogP contribution < -0.4 is 0 Å². The molecule has 1 aromatic rings. The zero-order valence-electron chi connectivity index (χ0n) is 8.10. The van der Waals surface area contributed by atoms with Crippen molar-refractivity contribution in [3.05, 3.63) is 35.9 Å². The Hall–Kier alpha value is -0.860. The third-order valence-corrected chi connectivity index (χ3v) is 2.36. The van der Waals surface area contributed by atoms with Crippen molar-refractivity contribution < 1.29 is 9.84 Å². The van der Waals surface area contributed by atoms with Crippen LogP contribution in [0.2, 0.25) is 0 Å². The van der Waals surface area contributed by atoms with Crippen LogP contribution >= 0.6 is 0 Å². The van der Waals surface area contributed by atoms with Gasteiger partial charge in [0.2, 0.25) is 0 Å². The minimum Gasteiger partial charge on any atom is -0.396 e. The van der Waals surface area contributed by atoms with Crippen LogP contribution in [-0.4, -0.2) is 24.9 Å². The second-order valence-corrected chi connectivity index (χ2v) is 3.14. The number of hydrogen-bond donors (Lipinski definition) is 1. The average Bonchev–Trinajstić information content (AvgIpc) is 2.20. The molecule has 0 saturated carbocycles. The Labute approximate surface area is 79.2 Å². The third kappa shape index (κ3) is 2.54. The number of hydrogen-bond acceptors (Lipinski definition) is 2. The first kappa shape index (κ1) is 10.2. The first-order valence-electron chi connectivity index (χ1n) is 4.48. The molecule has 1 N–H and O–H groups in total. The van der Waals surface area contributed by atoms with Gasteiger partial charge in [0.05, 0.1) is 12.7 Å². The van der Waals surface area contributed by atoms with Crippen molar-refractivity contribution in [1.29, 1.82) is 0 Å². The summed E-state index contributed by atoms with van der Waals surface area (Å²) in [6.45, 7) is 2.09. The van der Waals surface area contributed by atoms with E-state index in [1.54, 1.807) is 7.11 Å². The monoisotopic (exact) mass is 180 g/mol. The van der Waals surface area contributed by atoms with Gasteiger partial charge in [0.15, 0.2) is 0 Å². The van der Waals surface area contributed by atoms with E-state index in [4.69, 9.17) is 4.74 Å². The van der Waals surface area contributed by atoms with Crippen molar-refractivity contribution >= 4 is 0 Å². The number of rotatable bonds is 4. The lowest BCUT2D eigenvalue weighted by molar-refractivity contribution is 0.0708. The predicted molar refractivity (Wildman–Crippen MR) is 52.7 cm³/mol. The largest absolute Gasteiger partial charge is 0.396 e. The van der Waals surface area contributed by atoms with Crippen LogP contribution in [-0.2, 0) is 4.74 Å². The van der Waals surface area contributed by atoms with Crippen LogP contribution in [0.4, 0.5) is 0 Å². The summed E-state index contributed by atoms with van der Waals surface area (Å²) in [5.74, 6) is 0.0752. The smallest absolute Gasteiger partial charge is 0.0633 e. The van der Waals surface area contributed by atoms with Gasteiger partial charge in [-0.2, -0.15) is 0 Å². The molecule has 0 aliphatic heterocycles. The molecular formula is C11H16O2. The highest BCUT2D eigenvalue weighted by molar-refractivity contribution is 5.20. The van der Waals surface area contributed by atoms with Gasteiger partial charge in [0.1, 0.15) is 0 Å². The molecular weight excluding hydrogens is 164 g/mol. The van der Waals surface area contributed by atoms with Crippen LogP contribution in [0, 0.1) is 0 Å². The van der Waals surface area contributed by atoms with Crippen LogP contribution in [0.15, 0.2) is 30.3 Å². The molecule has 0 aromatic heterocycles. The molecule has 0 unspecified atom stereocenters. The second kappa shape index (κ2) is 5.00. The van der Waals surface area contributed by atoms with Crippen molar-refractivity contribution in [3.8, 4) is 0 Å². The lowest BCUT2D eigenvalue weighted by Gasteiger charge is -2.20. The van der Waals surface area contributed by atoms with Crippen LogP contribution in [0.1, 0.15) is 18.4 Å². The van der Waals surface area contributed by atoms with Gasteiger partial charge >= 0.3 is 0 Å². The Bertz CT molecular complexity index is 233. The molecule has 2 atom stereocenters. The summed E-state index contributed by atoms with van der Waals surface area (Å²) in [6.07, 6.45) is 0.0485. The Kier molecular flexibility index (Phi) is 3.93. The number of ether oxygens (including phenoxy) is 1. The molecule has 0 aliphatic carbocycles. The number of aliphatic hydroxyl groups is 1. The third-order valence-electron chi connectivity index (χ3n) is 2.36. The SMILES string of the molecule is CO[C@H](C)[C@@H](CO)c1ccccc1. The molecule has 0 amide bonds. The standard InChI is InChI=1S/C11H16O2/c1-9(13-2)11(8-12)10-6-4-3-5-7-10/h3-7,9,11-12H,8H2,1-2H3/t9-,11-/m1/s1. The highest BCUT2D eigenvalue weighted by Crippen LogP contribution is 2.20. The van der Waals surface area contributed by atoms with E-state index in [0.29, 0.717) is 0 Å². The fourth-order valence-electron chi connectivity index (χ4n) is 1.39. The van der Waals surface area contributed by atoms with Gasteiger partial charge < -0.3 is 9.84 Å². The van der Waals surface area contributed by atoms with Crippen LogP contribution in [0.25, 0.3) is 0 Å². The van der Waals surface area contributed by atoms with Crippen molar-refractivity contribution in [3.63, 3.8) is 0 Å². The molecule has 0 fully saturated rings. The zero-order valence-corrected chi connectivity index (χ0v) is 8.10. The van der Waals surface area contributed by atoms with E-state index in [-0.39, 0.29) is 18.6 Å². The summed E-state index contributed by atoms with van der Waals surface area (Å²) in [6, 6.07) is 9.93. The molecule has 2 heteroatoms. The summed E-state index contributed by atoms with van der Waals surface area (Å²) in [4.78, 5) is 0. The van der Waals surface area contributed by atoms with Gasteiger partial charge in [-0.3, -0.25) is 0 Å². The van der Waals surface area contributed by atoms with Crippen molar-refractivity contribution in [2.75, 3.05) is 13.7 Å². The Balaban J connectivity index is 2.78. The first-order chi connectivity index (χ1) is 6.29. The normalized spacial score (nSPS) is 15.3. The van der Waals surface area contributed by atoms with E-state index >= 15 is 0 Å². The van der Waals surface area contributed by atoms with E-state index in [0.717, 1.165) is 5.56 Å². The topological polar surface area (TPSA) is 29.5 Å². The highest BCUT2D eigenvalue weighted by Gasteiger charge is 2.17. The average molecular weight is 180 g/mol. The summed E-state index contributed by atoms with van der Waals surface area (Å²) in [7, 11) is 1.66. The van der Waals surface area contributed by atoms with Crippen molar-refractivity contribution in [1.82, 2.24) is 0 Å². The number of methoxy groups -OCH3 is 1. The predicted octanol–water partition coefficient (Wildman–Crippen LogP) is 1.80.